The molecule has 0 saturated carbocycles. The molecule has 4 heteroatoms. The lowest BCUT2D eigenvalue weighted by Gasteiger charge is -2.18. The van der Waals surface area contributed by atoms with E-state index in [1.54, 1.807) is 6.21 Å². The van der Waals surface area contributed by atoms with Gasteiger partial charge in [0.25, 0.3) is 0 Å². The molecule has 1 atom stereocenters. The highest BCUT2D eigenvalue weighted by Gasteiger charge is 2.11. The maximum absolute atomic E-state index is 6.14. The van der Waals surface area contributed by atoms with Gasteiger partial charge in [-0.2, -0.15) is 0 Å². The largest absolute Gasteiger partial charge is 0.492 e. The van der Waals surface area contributed by atoms with Gasteiger partial charge in [0.05, 0.1) is 12.8 Å². The molecule has 0 heterocycles. The van der Waals surface area contributed by atoms with Crippen LogP contribution in [0.25, 0.3) is 0 Å². The van der Waals surface area contributed by atoms with Gasteiger partial charge in [-0.1, -0.05) is 48.5 Å². The van der Waals surface area contributed by atoms with Crippen LogP contribution in [0, 0.1) is 13.8 Å². The smallest absolute Gasteiger partial charge is 0.125 e. The summed E-state index contributed by atoms with van der Waals surface area (Å²) in [5, 5.41) is 3.78. The Morgan fingerprint density at radius 3 is 2.30 bits per heavy atom. The van der Waals surface area contributed by atoms with Crippen molar-refractivity contribution < 1.29 is 14.3 Å². The van der Waals surface area contributed by atoms with E-state index in [0.29, 0.717) is 13.2 Å². The summed E-state index contributed by atoms with van der Waals surface area (Å²) in [5.41, 5.74) is 4.41. The highest BCUT2D eigenvalue weighted by Crippen LogP contribution is 2.29. The lowest BCUT2D eigenvalue weighted by atomic mass is 10.0. The molecule has 2 rings (SSSR count). The zero-order valence-electron chi connectivity index (χ0n) is 16.9. The van der Waals surface area contributed by atoms with Crippen molar-refractivity contribution in [3.8, 4) is 11.5 Å². The number of benzene rings is 2. The van der Waals surface area contributed by atoms with Gasteiger partial charge >= 0.3 is 0 Å². The number of hydrogen-bond acceptors (Lipinski definition) is 4. The van der Waals surface area contributed by atoms with E-state index >= 15 is 0 Å². The van der Waals surface area contributed by atoms with Gasteiger partial charge in [0.1, 0.15) is 25.2 Å². The van der Waals surface area contributed by atoms with Gasteiger partial charge in [-0.15, -0.1) is 0 Å². The Kier molecular flexibility index (Phi) is 7.93. The number of hydrogen-bond donors (Lipinski definition) is 0. The molecule has 0 spiro atoms. The third-order valence-corrected chi connectivity index (χ3v) is 4.31. The minimum atomic E-state index is 0.280. The van der Waals surface area contributed by atoms with Crippen molar-refractivity contribution in [3.05, 3.63) is 70.8 Å². The molecule has 0 aliphatic rings. The van der Waals surface area contributed by atoms with Gasteiger partial charge in [0.2, 0.25) is 0 Å². The van der Waals surface area contributed by atoms with E-state index < -0.39 is 0 Å². The minimum Gasteiger partial charge on any atom is -0.492 e. The van der Waals surface area contributed by atoms with Crippen LogP contribution in [0.2, 0.25) is 0 Å². The summed E-state index contributed by atoms with van der Waals surface area (Å²) in [4.78, 5) is 4.71. The van der Waals surface area contributed by atoms with Crippen LogP contribution < -0.4 is 9.47 Å². The summed E-state index contributed by atoms with van der Waals surface area (Å²) in [6.07, 6.45) is 5.66. The number of ether oxygens (including phenoxy) is 2. The lowest BCUT2D eigenvalue weighted by Crippen LogP contribution is -2.09. The maximum atomic E-state index is 6.14. The molecule has 2 aromatic rings. The van der Waals surface area contributed by atoms with E-state index in [9.17, 15) is 0 Å². The molecule has 0 aliphatic carbocycles. The van der Waals surface area contributed by atoms with Crippen LogP contribution in [0.15, 0.2) is 53.7 Å². The first-order chi connectivity index (χ1) is 13.0. The molecule has 27 heavy (non-hydrogen) atoms. The Morgan fingerprint density at radius 1 is 1.04 bits per heavy atom. The third kappa shape index (κ3) is 6.17. The summed E-state index contributed by atoms with van der Waals surface area (Å²) in [5.74, 6) is 2.09. The lowest BCUT2D eigenvalue weighted by molar-refractivity contribution is 0.215. The fraction of sp³-hybridized carbons (Fsp3) is 0.348. The molecular formula is C23H29NO3. The first kappa shape index (κ1) is 20.6. The molecule has 1 unspecified atom stereocenters. The normalized spacial score (nSPS) is 12.5. The van der Waals surface area contributed by atoms with E-state index in [1.165, 1.54) is 12.7 Å². The second-order valence-corrected chi connectivity index (χ2v) is 6.56. The first-order valence-corrected chi connectivity index (χ1v) is 9.19. The van der Waals surface area contributed by atoms with Gasteiger partial charge in [-0.3, -0.25) is 0 Å². The predicted molar refractivity (Wildman–Crippen MR) is 111 cm³/mol. The van der Waals surface area contributed by atoms with Crippen LogP contribution in [-0.4, -0.2) is 26.5 Å². The second-order valence-electron chi connectivity index (χ2n) is 6.56. The molecule has 0 N–H and O–H groups in total. The van der Waals surface area contributed by atoms with Gasteiger partial charge < -0.3 is 14.3 Å². The number of rotatable bonds is 9. The maximum Gasteiger partial charge on any atom is 0.125 e. The first-order valence-electron chi connectivity index (χ1n) is 9.19. The quantitative estimate of drug-likeness (QED) is 0.337. The molecule has 2 aromatic carbocycles. The standard InChI is InChI=1S/C23H29NO3/c1-6-7-12-26-22-13-17(2)23(18(3)14-22)27-16-19(4)21-10-8-20(9-11-21)15-24-25-5/h6-11,13-15,19H,12,16H2,1-5H3/b7-6+,24-15?. The van der Waals surface area contributed by atoms with Crippen molar-refractivity contribution in [2.24, 2.45) is 5.16 Å². The molecule has 0 saturated heterocycles. The number of allylic oxidation sites excluding steroid dienone is 1. The van der Waals surface area contributed by atoms with E-state index in [-0.39, 0.29) is 5.92 Å². The molecule has 0 fully saturated rings. The van der Waals surface area contributed by atoms with Gasteiger partial charge in [-0.05, 0) is 55.2 Å². The highest BCUT2D eigenvalue weighted by molar-refractivity contribution is 5.79. The molecular weight excluding hydrogens is 338 g/mol. The highest BCUT2D eigenvalue weighted by atomic mass is 16.6. The van der Waals surface area contributed by atoms with Crippen LogP contribution in [0.1, 0.15) is 42.0 Å². The summed E-state index contributed by atoms with van der Waals surface area (Å²) in [6.45, 7) is 9.46. The second kappa shape index (κ2) is 10.4. The predicted octanol–water partition coefficient (Wildman–Crippen LogP) is 5.42. The van der Waals surface area contributed by atoms with Gasteiger partial charge in [-0.25, -0.2) is 0 Å². The van der Waals surface area contributed by atoms with Crippen LogP contribution in [0.3, 0.4) is 0 Å². The molecule has 0 aromatic heterocycles. The summed E-state index contributed by atoms with van der Waals surface area (Å²) >= 11 is 0. The third-order valence-electron chi connectivity index (χ3n) is 4.31. The number of aryl methyl sites for hydroxylation is 2. The number of oxime groups is 1. The fourth-order valence-corrected chi connectivity index (χ4v) is 2.79. The summed E-state index contributed by atoms with van der Waals surface area (Å²) in [6, 6.07) is 12.3. The van der Waals surface area contributed by atoms with E-state index in [2.05, 4.69) is 38.1 Å². The van der Waals surface area contributed by atoms with Crippen LogP contribution in [-0.2, 0) is 4.84 Å². The molecule has 0 radical (unpaired) electrons. The molecule has 0 amide bonds. The SMILES string of the molecule is C/C=C/COc1cc(C)c(OCC(C)c2ccc(C=NOC)cc2)c(C)c1. The molecule has 4 nitrogen and oxygen atoms in total. The topological polar surface area (TPSA) is 40.0 Å². The van der Waals surface area contributed by atoms with Crippen molar-refractivity contribution in [2.45, 2.75) is 33.6 Å². The Hall–Kier alpha value is -2.75. The zero-order valence-corrected chi connectivity index (χ0v) is 16.9. The van der Waals surface area contributed by atoms with Crippen molar-refractivity contribution in [2.75, 3.05) is 20.3 Å². The van der Waals surface area contributed by atoms with Crippen molar-refractivity contribution >= 4 is 6.21 Å². The monoisotopic (exact) mass is 367 g/mol. The van der Waals surface area contributed by atoms with Gasteiger partial charge in [0.15, 0.2) is 0 Å². The molecule has 0 bridgehead atoms. The minimum absolute atomic E-state index is 0.280. The summed E-state index contributed by atoms with van der Waals surface area (Å²) < 4.78 is 11.9. The Morgan fingerprint density at radius 2 is 1.70 bits per heavy atom. The number of nitrogens with zero attached hydrogens (tertiary/aromatic N) is 1. The van der Waals surface area contributed by atoms with E-state index in [4.69, 9.17) is 14.3 Å². The summed E-state index contributed by atoms with van der Waals surface area (Å²) in [7, 11) is 1.54. The Bertz CT molecular complexity index is 756. The van der Waals surface area contributed by atoms with Crippen molar-refractivity contribution in [3.63, 3.8) is 0 Å². The van der Waals surface area contributed by atoms with E-state index in [1.807, 2.05) is 43.3 Å². The van der Waals surface area contributed by atoms with Crippen LogP contribution in [0.5, 0.6) is 11.5 Å². The average Bonchev–Trinajstić information content (AvgIpc) is 2.66. The van der Waals surface area contributed by atoms with Crippen LogP contribution >= 0.6 is 0 Å². The Balaban J connectivity index is 1.99. The Labute approximate surface area is 162 Å². The van der Waals surface area contributed by atoms with Crippen molar-refractivity contribution in [1.82, 2.24) is 0 Å². The zero-order chi connectivity index (χ0) is 19.6. The van der Waals surface area contributed by atoms with Crippen molar-refractivity contribution in [1.29, 1.82) is 0 Å². The fourth-order valence-electron chi connectivity index (χ4n) is 2.79. The molecule has 144 valence electrons. The molecule has 0 aliphatic heterocycles. The van der Waals surface area contributed by atoms with E-state index in [0.717, 1.165) is 28.2 Å². The van der Waals surface area contributed by atoms with Gasteiger partial charge in [0, 0.05) is 5.92 Å². The van der Waals surface area contributed by atoms with Crippen LogP contribution in [0.4, 0.5) is 0 Å². The average molecular weight is 367 g/mol.